The summed E-state index contributed by atoms with van der Waals surface area (Å²) in [6.07, 6.45) is 0.811. The molecule has 0 bridgehead atoms. The summed E-state index contributed by atoms with van der Waals surface area (Å²) in [5.74, 6) is 0.954. The van der Waals surface area contributed by atoms with Crippen LogP contribution in [-0.2, 0) is 0 Å². The Bertz CT molecular complexity index is 347. The molecule has 4 heteroatoms. The smallest absolute Gasteiger partial charge is 0.171 e. The van der Waals surface area contributed by atoms with Crippen molar-refractivity contribution in [2.75, 3.05) is 13.7 Å². The van der Waals surface area contributed by atoms with E-state index in [0.717, 1.165) is 6.29 Å². The molecule has 1 N–H and O–H groups in total. The van der Waals surface area contributed by atoms with Gasteiger partial charge in [-0.3, -0.25) is 4.79 Å². The number of methoxy groups -OCH3 is 1. The van der Waals surface area contributed by atoms with E-state index in [-0.39, 0.29) is 0 Å². The highest BCUT2D eigenvalue weighted by atomic mass is 16.5. The average molecular weight is 224 g/mol. The molecular weight excluding hydrogens is 208 g/mol. The van der Waals surface area contributed by atoms with Gasteiger partial charge in [0.2, 0.25) is 0 Å². The third-order valence-corrected chi connectivity index (χ3v) is 2.14. The van der Waals surface area contributed by atoms with Crippen LogP contribution in [0.5, 0.6) is 11.5 Å². The van der Waals surface area contributed by atoms with Crippen molar-refractivity contribution in [2.24, 2.45) is 0 Å². The summed E-state index contributed by atoms with van der Waals surface area (Å²) >= 11 is 0. The highest BCUT2D eigenvalue weighted by Crippen LogP contribution is 2.30. The Hall–Kier alpha value is -1.55. The first kappa shape index (κ1) is 12.5. The number of aliphatic hydroxyl groups is 1. The molecule has 0 spiro atoms. The molecule has 0 fully saturated rings. The van der Waals surface area contributed by atoms with Gasteiger partial charge >= 0.3 is 0 Å². The van der Waals surface area contributed by atoms with Crippen LogP contribution in [0.25, 0.3) is 0 Å². The first-order valence-electron chi connectivity index (χ1n) is 5.12. The highest BCUT2D eigenvalue weighted by Gasteiger charge is 2.10. The quantitative estimate of drug-likeness (QED) is 0.746. The number of aldehydes is 1. The molecule has 1 atom stereocenters. The fraction of sp³-hybridized carbons (Fsp3) is 0.417. The molecule has 0 saturated heterocycles. The lowest BCUT2D eigenvalue weighted by atomic mass is 10.2. The number of hydrogen-bond donors (Lipinski definition) is 1. The molecule has 16 heavy (non-hydrogen) atoms. The molecule has 0 heterocycles. The van der Waals surface area contributed by atoms with Gasteiger partial charge in [0, 0.05) is 6.42 Å². The number of para-hydroxylation sites is 1. The van der Waals surface area contributed by atoms with E-state index in [1.807, 2.05) is 0 Å². The first-order valence-corrected chi connectivity index (χ1v) is 5.12. The van der Waals surface area contributed by atoms with Crippen LogP contribution in [0.4, 0.5) is 0 Å². The largest absolute Gasteiger partial charge is 0.493 e. The van der Waals surface area contributed by atoms with E-state index in [0.29, 0.717) is 30.1 Å². The van der Waals surface area contributed by atoms with Crippen LogP contribution in [0.1, 0.15) is 23.7 Å². The predicted molar refractivity (Wildman–Crippen MR) is 60.2 cm³/mol. The van der Waals surface area contributed by atoms with Crippen molar-refractivity contribution in [3.05, 3.63) is 23.8 Å². The minimum absolute atomic E-state index is 0.346. The maximum Gasteiger partial charge on any atom is 0.171 e. The van der Waals surface area contributed by atoms with Crippen molar-refractivity contribution < 1.29 is 19.4 Å². The molecule has 1 aromatic rings. The van der Waals surface area contributed by atoms with E-state index >= 15 is 0 Å². The number of rotatable bonds is 6. The maximum atomic E-state index is 10.8. The van der Waals surface area contributed by atoms with Crippen molar-refractivity contribution in [3.8, 4) is 11.5 Å². The molecule has 4 nitrogen and oxygen atoms in total. The van der Waals surface area contributed by atoms with Gasteiger partial charge in [-0.1, -0.05) is 6.07 Å². The molecule has 0 aliphatic heterocycles. The van der Waals surface area contributed by atoms with Crippen LogP contribution >= 0.6 is 0 Å². The van der Waals surface area contributed by atoms with Gasteiger partial charge < -0.3 is 14.6 Å². The van der Waals surface area contributed by atoms with Gasteiger partial charge in [-0.15, -0.1) is 0 Å². The SMILES string of the molecule is COc1cccc(C=O)c1OCCC(C)O. The lowest BCUT2D eigenvalue weighted by Gasteiger charge is -2.12. The Balaban J connectivity index is 2.78. The van der Waals surface area contributed by atoms with Crippen LogP contribution in [0.15, 0.2) is 18.2 Å². The van der Waals surface area contributed by atoms with E-state index in [1.54, 1.807) is 25.1 Å². The number of ether oxygens (including phenoxy) is 2. The topological polar surface area (TPSA) is 55.8 Å². The normalized spacial score (nSPS) is 11.9. The van der Waals surface area contributed by atoms with Crippen molar-refractivity contribution in [1.29, 1.82) is 0 Å². The summed E-state index contributed by atoms with van der Waals surface area (Å²) in [4.78, 5) is 10.8. The molecule has 0 radical (unpaired) electrons. The molecule has 0 amide bonds. The monoisotopic (exact) mass is 224 g/mol. The second-order valence-corrected chi connectivity index (χ2v) is 3.48. The Morgan fingerprint density at radius 3 is 2.81 bits per heavy atom. The number of benzene rings is 1. The molecule has 1 unspecified atom stereocenters. The number of carbonyl (C=O) groups excluding carboxylic acids is 1. The summed E-state index contributed by atoms with van der Waals surface area (Å²) in [7, 11) is 1.52. The van der Waals surface area contributed by atoms with Crippen molar-refractivity contribution in [2.45, 2.75) is 19.4 Å². The van der Waals surface area contributed by atoms with Crippen LogP contribution in [0, 0.1) is 0 Å². The van der Waals surface area contributed by atoms with Crippen molar-refractivity contribution in [1.82, 2.24) is 0 Å². The Morgan fingerprint density at radius 1 is 1.50 bits per heavy atom. The molecule has 1 rings (SSSR count). The van der Waals surface area contributed by atoms with Gasteiger partial charge in [-0.05, 0) is 19.1 Å². The standard InChI is InChI=1S/C12H16O4/c1-9(14)6-7-16-12-10(8-13)4-3-5-11(12)15-2/h3-5,8-9,14H,6-7H2,1-2H3. The van der Waals surface area contributed by atoms with Gasteiger partial charge in [0.15, 0.2) is 17.8 Å². The zero-order valence-electron chi connectivity index (χ0n) is 9.47. The molecule has 0 aliphatic carbocycles. The minimum Gasteiger partial charge on any atom is -0.493 e. The van der Waals surface area contributed by atoms with Gasteiger partial charge in [0.25, 0.3) is 0 Å². The second-order valence-electron chi connectivity index (χ2n) is 3.48. The molecule has 0 aliphatic rings. The fourth-order valence-electron chi connectivity index (χ4n) is 1.27. The predicted octanol–water partition coefficient (Wildman–Crippen LogP) is 1.66. The van der Waals surface area contributed by atoms with E-state index in [9.17, 15) is 4.79 Å². The highest BCUT2D eigenvalue weighted by molar-refractivity contribution is 5.81. The minimum atomic E-state index is -0.422. The Morgan fingerprint density at radius 2 is 2.25 bits per heavy atom. The van der Waals surface area contributed by atoms with E-state index < -0.39 is 6.10 Å². The Kier molecular flexibility index (Phi) is 4.79. The summed E-state index contributed by atoms with van der Waals surface area (Å²) in [6.45, 7) is 2.03. The van der Waals surface area contributed by atoms with E-state index in [2.05, 4.69) is 0 Å². The van der Waals surface area contributed by atoms with Crippen LogP contribution < -0.4 is 9.47 Å². The zero-order valence-corrected chi connectivity index (χ0v) is 9.47. The van der Waals surface area contributed by atoms with Crippen molar-refractivity contribution >= 4 is 6.29 Å². The lowest BCUT2D eigenvalue weighted by molar-refractivity contribution is 0.111. The van der Waals surface area contributed by atoms with Gasteiger partial charge in [-0.25, -0.2) is 0 Å². The molecule has 88 valence electrons. The summed E-state index contributed by atoms with van der Waals surface area (Å²) < 4.78 is 10.5. The first-order chi connectivity index (χ1) is 7.69. The Labute approximate surface area is 94.8 Å². The molecule has 0 saturated carbocycles. The van der Waals surface area contributed by atoms with Crippen LogP contribution in [0.3, 0.4) is 0 Å². The maximum absolute atomic E-state index is 10.8. The van der Waals surface area contributed by atoms with Gasteiger partial charge in [0.05, 0.1) is 25.4 Å². The van der Waals surface area contributed by atoms with Gasteiger partial charge in [-0.2, -0.15) is 0 Å². The molecular formula is C12H16O4. The van der Waals surface area contributed by atoms with Crippen molar-refractivity contribution in [3.63, 3.8) is 0 Å². The number of aliphatic hydroxyl groups excluding tert-OH is 1. The molecule has 1 aromatic carbocycles. The number of carbonyl (C=O) groups is 1. The zero-order chi connectivity index (χ0) is 12.0. The third-order valence-electron chi connectivity index (χ3n) is 2.14. The fourth-order valence-corrected chi connectivity index (χ4v) is 1.27. The van der Waals surface area contributed by atoms with Crippen LogP contribution in [0.2, 0.25) is 0 Å². The summed E-state index contributed by atoms with van der Waals surface area (Å²) in [5, 5.41) is 9.10. The van der Waals surface area contributed by atoms with Crippen LogP contribution in [-0.4, -0.2) is 31.2 Å². The third kappa shape index (κ3) is 3.24. The molecule has 0 aromatic heterocycles. The second kappa shape index (κ2) is 6.12. The van der Waals surface area contributed by atoms with E-state index in [1.165, 1.54) is 7.11 Å². The van der Waals surface area contributed by atoms with Gasteiger partial charge in [0.1, 0.15) is 0 Å². The average Bonchev–Trinajstić information content (AvgIpc) is 2.28. The lowest BCUT2D eigenvalue weighted by Crippen LogP contribution is -2.09. The van der Waals surface area contributed by atoms with E-state index in [4.69, 9.17) is 14.6 Å². The number of hydrogen-bond acceptors (Lipinski definition) is 4. The summed E-state index contributed by atoms with van der Waals surface area (Å²) in [5.41, 5.74) is 0.449. The summed E-state index contributed by atoms with van der Waals surface area (Å²) in [6, 6.07) is 5.11.